The Morgan fingerprint density at radius 1 is 1.31 bits per heavy atom. The fourth-order valence-electron chi connectivity index (χ4n) is 0.599. The molecule has 0 spiro atoms. The van der Waals surface area contributed by atoms with Crippen LogP contribution < -0.4 is 0 Å². The van der Waals surface area contributed by atoms with Crippen LogP contribution in [0.2, 0.25) is 0 Å². The van der Waals surface area contributed by atoms with Crippen molar-refractivity contribution < 1.29 is 46.2 Å². The van der Waals surface area contributed by atoms with Gasteiger partial charge in [-0.25, -0.2) is 0 Å². The fraction of sp³-hybridized carbons (Fsp3) is 0.667. The van der Waals surface area contributed by atoms with E-state index in [1.165, 1.54) is 0 Å². The quantitative estimate of drug-likeness (QED) is 0.223. The Balaban J connectivity index is 4.24. The second kappa shape index (κ2) is 5.79. The third-order valence-electron chi connectivity index (χ3n) is 1.39. The first-order valence-electron chi connectivity index (χ1n) is 3.33. The van der Waals surface area contributed by atoms with Crippen molar-refractivity contribution in [2.24, 2.45) is 0 Å². The SMILES string of the molecule is OC[C@@H](O)[C@@H](O)[C@@H](O)[C-](O)[C](O)=[Fe+]. The Bertz CT molecular complexity index is 175. The Morgan fingerprint density at radius 2 is 1.77 bits per heavy atom. The van der Waals surface area contributed by atoms with Gasteiger partial charge in [-0.3, -0.25) is 0 Å². The van der Waals surface area contributed by atoms with Crippen molar-refractivity contribution in [2.75, 3.05) is 6.61 Å². The van der Waals surface area contributed by atoms with Gasteiger partial charge in [0.15, 0.2) is 0 Å². The molecule has 6 N–H and O–H groups in total. The van der Waals surface area contributed by atoms with Crippen molar-refractivity contribution >= 4 is 4.60 Å². The summed E-state index contributed by atoms with van der Waals surface area (Å²) < 4.78 is -0.809. The van der Waals surface area contributed by atoms with Crippen LogP contribution in [0.3, 0.4) is 0 Å². The molecule has 0 aromatic carbocycles. The number of rotatable bonds is 5. The van der Waals surface area contributed by atoms with E-state index in [1.54, 1.807) is 0 Å². The van der Waals surface area contributed by atoms with Crippen LogP contribution in [0.4, 0.5) is 0 Å². The third-order valence-corrected chi connectivity index (χ3v) is 1.67. The number of aliphatic hydroxyl groups excluding tert-OH is 6. The van der Waals surface area contributed by atoms with Crippen LogP contribution in [-0.4, -0.2) is 60.2 Å². The molecule has 0 saturated carbocycles. The van der Waals surface area contributed by atoms with Crippen molar-refractivity contribution in [3.63, 3.8) is 0 Å². The second-order valence-corrected chi connectivity index (χ2v) is 2.87. The molecule has 0 heterocycles. The molecule has 0 aromatic rings. The summed E-state index contributed by atoms with van der Waals surface area (Å²) in [5.74, 6) is 0. The average molecular weight is 235 g/mol. The Kier molecular flexibility index (Phi) is 5.86. The van der Waals surface area contributed by atoms with Crippen molar-refractivity contribution in [3.8, 4) is 0 Å². The molecule has 0 rings (SSSR count). The molecular weight excluding hydrogens is 224 g/mol. The van der Waals surface area contributed by atoms with E-state index >= 15 is 0 Å². The molecular formula is C6H11FeO6. The molecule has 7 heteroatoms. The summed E-state index contributed by atoms with van der Waals surface area (Å²) in [6.45, 7) is -0.774. The second-order valence-electron chi connectivity index (χ2n) is 2.35. The molecule has 0 aromatic heterocycles. The zero-order chi connectivity index (χ0) is 10.6. The molecule has 3 atom stereocenters. The molecule has 0 bridgehead atoms. The van der Waals surface area contributed by atoms with Gasteiger partial charge in [0.1, 0.15) is 0 Å². The van der Waals surface area contributed by atoms with Gasteiger partial charge in [0, 0.05) is 0 Å². The van der Waals surface area contributed by atoms with E-state index in [-0.39, 0.29) is 0 Å². The fourth-order valence-corrected chi connectivity index (χ4v) is 0.762. The van der Waals surface area contributed by atoms with Crippen molar-refractivity contribution in [1.29, 1.82) is 0 Å². The Morgan fingerprint density at radius 3 is 2.08 bits per heavy atom. The Labute approximate surface area is 82.4 Å². The first-order valence-corrected chi connectivity index (χ1v) is 3.88. The summed E-state index contributed by atoms with van der Waals surface area (Å²) in [7, 11) is 0. The summed E-state index contributed by atoms with van der Waals surface area (Å²) in [6.07, 6.45) is -6.20. The minimum atomic E-state index is -1.88. The summed E-state index contributed by atoms with van der Waals surface area (Å²) in [5, 5.41) is 52.7. The normalized spacial score (nSPS) is 18.4. The van der Waals surface area contributed by atoms with E-state index in [4.69, 9.17) is 30.6 Å². The van der Waals surface area contributed by atoms with Gasteiger partial charge in [0.2, 0.25) is 0 Å². The number of aliphatic hydroxyl groups is 6. The van der Waals surface area contributed by atoms with Crippen LogP contribution in [0.5, 0.6) is 0 Å². The maximum absolute atomic E-state index is 9.03. The van der Waals surface area contributed by atoms with Crippen LogP contribution in [0.1, 0.15) is 0 Å². The van der Waals surface area contributed by atoms with Gasteiger partial charge in [0.05, 0.1) is 0 Å². The van der Waals surface area contributed by atoms with Crippen molar-refractivity contribution in [3.05, 3.63) is 6.10 Å². The molecule has 0 aliphatic heterocycles. The van der Waals surface area contributed by atoms with Gasteiger partial charge in [-0.2, -0.15) is 0 Å². The summed E-state index contributed by atoms with van der Waals surface area (Å²) in [6, 6.07) is 0. The molecule has 0 aliphatic carbocycles. The third kappa shape index (κ3) is 3.80. The van der Waals surface area contributed by atoms with Gasteiger partial charge in [-0.15, -0.1) is 0 Å². The van der Waals surface area contributed by atoms with Crippen LogP contribution in [0, 0.1) is 6.10 Å². The molecule has 0 unspecified atom stereocenters. The molecule has 0 amide bonds. The van der Waals surface area contributed by atoms with Crippen molar-refractivity contribution in [2.45, 2.75) is 18.3 Å². The topological polar surface area (TPSA) is 121 Å². The zero-order valence-electron chi connectivity index (χ0n) is 6.48. The van der Waals surface area contributed by atoms with E-state index in [0.29, 0.717) is 0 Å². The van der Waals surface area contributed by atoms with E-state index in [2.05, 4.69) is 15.6 Å². The first kappa shape index (κ1) is 13.1. The predicted molar refractivity (Wildman–Crippen MR) is 37.2 cm³/mol. The molecule has 6 nitrogen and oxygen atoms in total. The van der Waals surface area contributed by atoms with E-state index in [1.807, 2.05) is 0 Å². The molecule has 13 heavy (non-hydrogen) atoms. The van der Waals surface area contributed by atoms with Gasteiger partial charge < -0.3 is 0 Å². The molecule has 0 radical (unpaired) electrons. The summed E-state index contributed by atoms with van der Waals surface area (Å²) in [4.78, 5) is 0. The van der Waals surface area contributed by atoms with Crippen LogP contribution >= 0.6 is 0 Å². The summed E-state index contributed by atoms with van der Waals surface area (Å²) >= 11 is 2.90. The van der Waals surface area contributed by atoms with Crippen LogP contribution in [0.25, 0.3) is 0 Å². The average Bonchev–Trinajstić information content (AvgIpc) is 2.12. The van der Waals surface area contributed by atoms with E-state index < -0.39 is 35.6 Å². The van der Waals surface area contributed by atoms with Gasteiger partial charge in [-0.1, -0.05) is 0 Å². The van der Waals surface area contributed by atoms with E-state index in [0.717, 1.165) is 0 Å². The predicted octanol–water partition coefficient (Wildman–Crippen LogP) is -2.98. The molecule has 79 valence electrons. The van der Waals surface area contributed by atoms with Crippen molar-refractivity contribution in [1.82, 2.24) is 0 Å². The standard InChI is InChI=1S/C6H11O6.Fe/c7-1-3(9)5(11)6(12)4(10)2-8;/h3,5-12H,1H2;/q-1;+1/t3-,5-,6+;/m1./s1. The van der Waals surface area contributed by atoms with Crippen LogP contribution in [-0.2, 0) is 15.6 Å². The van der Waals surface area contributed by atoms with Gasteiger partial charge in [0.25, 0.3) is 0 Å². The van der Waals surface area contributed by atoms with Gasteiger partial charge >= 0.3 is 81.8 Å². The maximum atomic E-state index is 9.03. The number of hydrogen-bond donors (Lipinski definition) is 6. The summed E-state index contributed by atoms with van der Waals surface area (Å²) in [5.41, 5.74) is 0. The number of hydrogen-bond acceptors (Lipinski definition) is 6. The molecule has 0 fully saturated rings. The Hall–Kier alpha value is 0.149. The van der Waals surface area contributed by atoms with Crippen LogP contribution in [0.15, 0.2) is 0 Å². The van der Waals surface area contributed by atoms with Gasteiger partial charge in [-0.05, 0) is 0 Å². The molecule has 0 aliphatic rings. The van der Waals surface area contributed by atoms with E-state index in [9.17, 15) is 0 Å². The zero-order valence-corrected chi connectivity index (χ0v) is 7.58. The first-order chi connectivity index (χ1) is 5.91. The monoisotopic (exact) mass is 235 g/mol. The molecule has 0 saturated heterocycles. The minimum absolute atomic E-state index is 0.774.